The number of amides is 3. The van der Waals surface area contributed by atoms with Gasteiger partial charge in [0, 0.05) is 12.1 Å². The summed E-state index contributed by atoms with van der Waals surface area (Å²) in [5.74, 6) is -2.51. The van der Waals surface area contributed by atoms with Crippen LogP contribution in [0, 0.1) is 33.8 Å². The molecule has 1 saturated carbocycles. The molecule has 2 aromatic rings. The molecule has 0 spiro atoms. The summed E-state index contributed by atoms with van der Waals surface area (Å²) in [7, 11) is 1.37. The fourth-order valence-electron chi connectivity index (χ4n) is 5.23. The zero-order valence-corrected chi connectivity index (χ0v) is 19.1. The number of imide groups is 1. The Balaban J connectivity index is 1.25. The second-order valence-electron chi connectivity index (χ2n) is 8.83. The highest BCUT2D eigenvalue weighted by atomic mass is 16.6. The summed E-state index contributed by atoms with van der Waals surface area (Å²) < 4.78 is 10.1. The molecule has 1 aliphatic heterocycles. The van der Waals surface area contributed by atoms with E-state index < -0.39 is 23.4 Å². The van der Waals surface area contributed by atoms with Crippen molar-refractivity contribution in [2.45, 2.75) is 6.42 Å². The van der Waals surface area contributed by atoms with Gasteiger partial charge < -0.3 is 14.8 Å². The highest BCUT2D eigenvalue weighted by molar-refractivity contribution is 6.23. The van der Waals surface area contributed by atoms with Crippen molar-refractivity contribution in [3.8, 4) is 5.75 Å². The van der Waals surface area contributed by atoms with Gasteiger partial charge in [-0.2, -0.15) is 0 Å². The van der Waals surface area contributed by atoms with Crippen molar-refractivity contribution >= 4 is 40.8 Å². The normalized spacial score (nSPS) is 23.5. The van der Waals surface area contributed by atoms with E-state index in [0.29, 0.717) is 5.75 Å². The van der Waals surface area contributed by atoms with Gasteiger partial charge in [0.25, 0.3) is 11.6 Å². The van der Waals surface area contributed by atoms with Crippen molar-refractivity contribution in [3.63, 3.8) is 0 Å². The predicted molar refractivity (Wildman–Crippen MR) is 125 cm³/mol. The molecule has 1 saturated heterocycles. The van der Waals surface area contributed by atoms with Crippen LogP contribution in [-0.4, -0.2) is 42.3 Å². The van der Waals surface area contributed by atoms with E-state index in [4.69, 9.17) is 9.47 Å². The Morgan fingerprint density at radius 2 is 1.78 bits per heavy atom. The summed E-state index contributed by atoms with van der Waals surface area (Å²) in [6.45, 7) is -0.710. The van der Waals surface area contributed by atoms with Crippen LogP contribution in [0.4, 0.5) is 17.1 Å². The monoisotopic (exact) mass is 491 g/mol. The molecule has 11 nitrogen and oxygen atoms in total. The van der Waals surface area contributed by atoms with Crippen LogP contribution >= 0.6 is 0 Å². The Labute approximate surface area is 204 Å². The van der Waals surface area contributed by atoms with Crippen LogP contribution in [0.15, 0.2) is 54.6 Å². The molecule has 0 aromatic heterocycles. The van der Waals surface area contributed by atoms with Gasteiger partial charge in [-0.1, -0.05) is 18.2 Å². The highest BCUT2D eigenvalue weighted by Crippen LogP contribution is 2.53. The molecule has 2 bridgehead atoms. The number of carbonyl (C=O) groups excluding carboxylic acids is 4. The van der Waals surface area contributed by atoms with Gasteiger partial charge in [0.1, 0.15) is 11.4 Å². The topological polar surface area (TPSA) is 145 Å². The maximum atomic E-state index is 13.0. The van der Waals surface area contributed by atoms with Crippen LogP contribution in [0.25, 0.3) is 0 Å². The molecule has 4 atom stereocenters. The zero-order chi connectivity index (χ0) is 25.6. The number of ether oxygens (including phenoxy) is 2. The van der Waals surface area contributed by atoms with Crippen LogP contribution in [-0.2, 0) is 19.1 Å². The fourth-order valence-corrected chi connectivity index (χ4v) is 5.23. The number of benzene rings is 2. The molecule has 2 aliphatic carbocycles. The summed E-state index contributed by atoms with van der Waals surface area (Å²) in [6, 6.07) is 9.74. The number of nitrogens with one attached hydrogen (secondary N) is 1. The molecule has 1 N–H and O–H groups in total. The molecular weight excluding hydrogens is 470 g/mol. The SMILES string of the molecule is COc1ccc([N+](=O)[O-])c(NC(=O)COC(=O)c2cccc(N3C(=O)[C@@H]4[C@H](C3=O)[C@H]3C=C[C@H]4C3)c2)c1. The molecule has 2 aromatic carbocycles. The molecule has 1 heterocycles. The summed E-state index contributed by atoms with van der Waals surface area (Å²) in [4.78, 5) is 62.6. The average molecular weight is 491 g/mol. The van der Waals surface area contributed by atoms with Gasteiger partial charge in [-0.15, -0.1) is 0 Å². The number of hydrogen-bond donors (Lipinski definition) is 1. The van der Waals surface area contributed by atoms with E-state index in [-0.39, 0.29) is 58.1 Å². The molecule has 3 aliphatic rings. The molecule has 3 amide bonds. The van der Waals surface area contributed by atoms with E-state index in [1.54, 1.807) is 6.07 Å². The summed E-state index contributed by atoms with van der Waals surface area (Å²) in [6.07, 6.45) is 4.81. The lowest BCUT2D eigenvalue weighted by atomic mass is 9.85. The molecular formula is C25H21N3O8. The number of carbonyl (C=O) groups is 4. The Kier molecular flexibility index (Phi) is 5.75. The predicted octanol–water partition coefficient (Wildman–Crippen LogP) is 2.71. The van der Waals surface area contributed by atoms with Crippen LogP contribution < -0.4 is 15.0 Å². The van der Waals surface area contributed by atoms with E-state index in [1.165, 1.54) is 43.5 Å². The average Bonchev–Trinajstić information content (AvgIpc) is 3.55. The standard InChI is InChI=1S/C25H21N3O8/c1-35-17-7-8-19(28(33)34)18(11-17)26-20(29)12-36-25(32)15-3-2-4-16(10-15)27-23(30)21-13-5-6-14(9-13)22(21)24(27)31/h2-8,10-11,13-14,21-22H,9,12H2,1H3,(H,26,29)/t13-,14-,21-,22+/m0/s1. The van der Waals surface area contributed by atoms with Crippen LogP contribution in [0.2, 0.25) is 0 Å². The third-order valence-corrected chi connectivity index (χ3v) is 6.82. The maximum absolute atomic E-state index is 13.0. The van der Waals surface area contributed by atoms with Gasteiger partial charge >= 0.3 is 5.97 Å². The minimum atomic E-state index is -0.854. The first-order valence-corrected chi connectivity index (χ1v) is 11.2. The quantitative estimate of drug-likeness (QED) is 0.205. The van der Waals surface area contributed by atoms with Crippen molar-refractivity contribution in [1.29, 1.82) is 0 Å². The number of nitrogens with zero attached hydrogens (tertiary/aromatic N) is 2. The fraction of sp³-hybridized carbons (Fsp3) is 0.280. The maximum Gasteiger partial charge on any atom is 0.338 e. The largest absolute Gasteiger partial charge is 0.497 e. The number of rotatable bonds is 7. The lowest BCUT2D eigenvalue weighted by Crippen LogP contribution is -2.33. The molecule has 5 rings (SSSR count). The van der Waals surface area contributed by atoms with Gasteiger partial charge in [0.05, 0.1) is 35.1 Å². The molecule has 0 unspecified atom stereocenters. The van der Waals surface area contributed by atoms with E-state index in [1.807, 2.05) is 12.2 Å². The second kappa shape index (κ2) is 8.91. The molecule has 11 heteroatoms. The Bertz CT molecular complexity index is 1310. The number of anilines is 2. The number of fused-ring (bicyclic) bond motifs is 5. The van der Waals surface area contributed by atoms with Crippen molar-refractivity contribution in [2.75, 3.05) is 23.9 Å². The van der Waals surface area contributed by atoms with Gasteiger partial charge in [-0.25, -0.2) is 9.69 Å². The van der Waals surface area contributed by atoms with Crippen molar-refractivity contribution < 1.29 is 33.6 Å². The summed E-state index contributed by atoms with van der Waals surface area (Å²) in [5, 5.41) is 13.6. The number of allylic oxidation sites excluding steroid dienone is 2. The molecule has 36 heavy (non-hydrogen) atoms. The first-order chi connectivity index (χ1) is 17.3. The first kappa shape index (κ1) is 23.2. The third-order valence-electron chi connectivity index (χ3n) is 6.82. The number of hydrogen-bond acceptors (Lipinski definition) is 8. The second-order valence-corrected chi connectivity index (χ2v) is 8.83. The van der Waals surface area contributed by atoms with Gasteiger partial charge in [-0.3, -0.25) is 24.5 Å². The van der Waals surface area contributed by atoms with Crippen molar-refractivity contribution in [1.82, 2.24) is 0 Å². The molecule has 0 radical (unpaired) electrons. The molecule has 184 valence electrons. The lowest BCUT2D eigenvalue weighted by molar-refractivity contribution is -0.383. The Hall–Kier alpha value is -4.54. The minimum absolute atomic E-state index is 0.0476. The number of nitro benzene ring substituents is 1. The smallest absolute Gasteiger partial charge is 0.338 e. The van der Waals surface area contributed by atoms with Gasteiger partial charge in [-0.05, 0) is 42.5 Å². The third kappa shape index (κ3) is 3.88. The Morgan fingerprint density at radius 1 is 1.08 bits per heavy atom. The van der Waals surface area contributed by atoms with Gasteiger partial charge in [0.2, 0.25) is 11.8 Å². The van der Waals surface area contributed by atoms with E-state index >= 15 is 0 Å². The van der Waals surface area contributed by atoms with E-state index in [2.05, 4.69) is 5.32 Å². The van der Waals surface area contributed by atoms with Crippen molar-refractivity contribution in [2.24, 2.45) is 23.7 Å². The summed E-state index contributed by atoms with van der Waals surface area (Å²) >= 11 is 0. The number of methoxy groups -OCH3 is 1. The minimum Gasteiger partial charge on any atom is -0.497 e. The van der Waals surface area contributed by atoms with Crippen LogP contribution in [0.1, 0.15) is 16.8 Å². The van der Waals surface area contributed by atoms with E-state index in [0.717, 1.165) is 11.3 Å². The van der Waals surface area contributed by atoms with Gasteiger partial charge in [0.15, 0.2) is 6.61 Å². The van der Waals surface area contributed by atoms with Crippen LogP contribution in [0.3, 0.4) is 0 Å². The first-order valence-electron chi connectivity index (χ1n) is 11.2. The lowest BCUT2D eigenvalue weighted by Gasteiger charge is -2.18. The zero-order valence-electron chi connectivity index (χ0n) is 19.1. The van der Waals surface area contributed by atoms with E-state index in [9.17, 15) is 29.3 Å². The highest BCUT2D eigenvalue weighted by Gasteiger charge is 2.59. The summed E-state index contributed by atoms with van der Waals surface area (Å²) in [5.41, 5.74) is -0.143. The number of esters is 1. The molecule has 2 fully saturated rings. The number of nitro groups is 1. The van der Waals surface area contributed by atoms with Crippen molar-refractivity contribution in [3.05, 3.63) is 70.3 Å². The Morgan fingerprint density at radius 3 is 2.42 bits per heavy atom. The van der Waals surface area contributed by atoms with Crippen LogP contribution in [0.5, 0.6) is 5.75 Å².